The molecule has 1 atom stereocenters. The van der Waals surface area contributed by atoms with Gasteiger partial charge in [0, 0.05) is 23.3 Å². The number of rotatable bonds is 10. The van der Waals surface area contributed by atoms with Crippen LogP contribution in [0.15, 0.2) is 51.8 Å². The predicted molar refractivity (Wildman–Crippen MR) is 139 cm³/mol. The van der Waals surface area contributed by atoms with Gasteiger partial charge in [-0.3, -0.25) is 10.1 Å². The molecule has 2 aromatic carbocycles. The molecule has 3 N–H and O–H groups in total. The fraction of sp³-hybridized carbons (Fsp3) is 0.391. The molecule has 1 unspecified atom stereocenters. The summed E-state index contributed by atoms with van der Waals surface area (Å²) < 4.78 is 39.5. The van der Waals surface area contributed by atoms with Crippen LogP contribution in [0.1, 0.15) is 43.0 Å². The highest BCUT2D eigenvalue weighted by Gasteiger charge is 2.20. The number of ether oxygens (including phenoxy) is 2. The first-order valence-corrected chi connectivity index (χ1v) is 13.7. The van der Waals surface area contributed by atoms with E-state index in [9.17, 15) is 13.2 Å². The number of hydrogen-bond acceptors (Lipinski definition) is 6. The average molecular weight is 571 g/mol. The standard InChI is InChI=1S/C23H28BrN3O5S2/c1-2-3-12-32-21-11-6-16(24)14-20(21)22(28)27-23(33)26-17-7-9-19(10-8-17)34(29,30)25-15-18-5-4-13-31-18/h6-11,14,18,25H,2-5,12-13,15H2,1H3,(H2,26,27,28,33). The largest absolute Gasteiger partial charge is 0.493 e. The van der Waals surface area contributed by atoms with Gasteiger partial charge in [-0.1, -0.05) is 29.3 Å². The molecule has 3 rings (SSSR count). The number of carbonyl (C=O) groups is 1. The molecule has 0 spiro atoms. The van der Waals surface area contributed by atoms with Crippen LogP contribution in [0.3, 0.4) is 0 Å². The molecule has 1 saturated heterocycles. The van der Waals surface area contributed by atoms with Gasteiger partial charge >= 0.3 is 0 Å². The van der Waals surface area contributed by atoms with E-state index in [1.807, 2.05) is 0 Å². The summed E-state index contributed by atoms with van der Waals surface area (Å²) in [4.78, 5) is 12.9. The van der Waals surface area contributed by atoms with Crippen molar-refractivity contribution in [3.63, 3.8) is 0 Å². The lowest BCUT2D eigenvalue weighted by Crippen LogP contribution is -2.34. The summed E-state index contributed by atoms with van der Waals surface area (Å²) in [7, 11) is -3.65. The van der Waals surface area contributed by atoms with Crippen LogP contribution in [0, 0.1) is 0 Å². The van der Waals surface area contributed by atoms with Gasteiger partial charge in [0.2, 0.25) is 10.0 Å². The van der Waals surface area contributed by atoms with Gasteiger partial charge < -0.3 is 14.8 Å². The van der Waals surface area contributed by atoms with E-state index < -0.39 is 15.9 Å². The van der Waals surface area contributed by atoms with E-state index in [0.29, 0.717) is 30.2 Å². The van der Waals surface area contributed by atoms with Crippen molar-refractivity contribution < 1.29 is 22.7 Å². The second-order valence-electron chi connectivity index (χ2n) is 7.76. The van der Waals surface area contributed by atoms with Crippen LogP contribution in [0.4, 0.5) is 5.69 Å². The third-order valence-electron chi connectivity index (χ3n) is 5.12. The van der Waals surface area contributed by atoms with E-state index in [-0.39, 0.29) is 22.7 Å². The third-order valence-corrected chi connectivity index (χ3v) is 7.25. The van der Waals surface area contributed by atoms with Crippen LogP contribution in [-0.4, -0.2) is 45.3 Å². The lowest BCUT2D eigenvalue weighted by atomic mass is 10.2. The van der Waals surface area contributed by atoms with E-state index in [2.05, 4.69) is 38.2 Å². The Morgan fingerprint density at radius 2 is 2.00 bits per heavy atom. The second-order valence-corrected chi connectivity index (χ2v) is 10.9. The van der Waals surface area contributed by atoms with Gasteiger partial charge in [-0.2, -0.15) is 0 Å². The van der Waals surface area contributed by atoms with Crippen molar-refractivity contribution >= 4 is 54.9 Å². The Bertz CT molecular complexity index is 1100. The maximum absolute atomic E-state index is 12.8. The normalized spacial score (nSPS) is 15.6. The number of unbranched alkanes of at least 4 members (excludes halogenated alkanes) is 1. The van der Waals surface area contributed by atoms with Crippen LogP contribution in [0.5, 0.6) is 5.75 Å². The maximum Gasteiger partial charge on any atom is 0.261 e. The van der Waals surface area contributed by atoms with Gasteiger partial charge in [0.15, 0.2) is 5.11 Å². The topological polar surface area (TPSA) is 106 Å². The molecule has 2 aromatic rings. The Labute approximate surface area is 214 Å². The van der Waals surface area contributed by atoms with Crippen molar-refractivity contribution in [2.45, 2.75) is 43.6 Å². The molecule has 1 amide bonds. The average Bonchev–Trinajstić information content (AvgIpc) is 3.33. The first-order valence-electron chi connectivity index (χ1n) is 11.0. The van der Waals surface area contributed by atoms with E-state index >= 15 is 0 Å². The Hall–Kier alpha value is -2.05. The Balaban J connectivity index is 1.57. The lowest BCUT2D eigenvalue weighted by Gasteiger charge is -2.14. The summed E-state index contributed by atoms with van der Waals surface area (Å²) >= 11 is 8.64. The van der Waals surface area contributed by atoms with Crippen molar-refractivity contribution in [3.8, 4) is 5.75 Å². The number of carbonyl (C=O) groups excluding carboxylic acids is 1. The number of halogens is 1. The summed E-state index contributed by atoms with van der Waals surface area (Å²) in [6.07, 6.45) is 3.57. The van der Waals surface area contributed by atoms with Crippen molar-refractivity contribution in [2.75, 3.05) is 25.1 Å². The molecule has 0 aliphatic carbocycles. The molecule has 1 aliphatic heterocycles. The SMILES string of the molecule is CCCCOc1ccc(Br)cc1C(=O)NC(=S)Nc1ccc(S(=O)(=O)NCC2CCCO2)cc1. The highest BCUT2D eigenvalue weighted by molar-refractivity contribution is 9.10. The Morgan fingerprint density at radius 1 is 1.24 bits per heavy atom. The molecule has 0 saturated carbocycles. The smallest absolute Gasteiger partial charge is 0.261 e. The number of benzene rings is 2. The van der Waals surface area contributed by atoms with Gasteiger partial charge in [-0.05, 0) is 73.9 Å². The van der Waals surface area contributed by atoms with Crippen molar-refractivity contribution in [1.29, 1.82) is 0 Å². The van der Waals surface area contributed by atoms with Crippen LogP contribution >= 0.6 is 28.1 Å². The van der Waals surface area contributed by atoms with Gasteiger partial charge in [0.05, 0.1) is 23.2 Å². The van der Waals surface area contributed by atoms with E-state index in [0.717, 1.165) is 30.2 Å². The highest BCUT2D eigenvalue weighted by Crippen LogP contribution is 2.24. The Morgan fingerprint density at radius 3 is 2.68 bits per heavy atom. The number of amides is 1. The summed E-state index contributed by atoms with van der Waals surface area (Å²) in [5.41, 5.74) is 0.894. The van der Waals surface area contributed by atoms with Gasteiger partial charge in [0.1, 0.15) is 5.75 Å². The van der Waals surface area contributed by atoms with Crippen molar-refractivity contribution in [1.82, 2.24) is 10.0 Å². The van der Waals surface area contributed by atoms with Crippen molar-refractivity contribution in [2.24, 2.45) is 0 Å². The van der Waals surface area contributed by atoms with Gasteiger partial charge in [0.25, 0.3) is 5.91 Å². The molecule has 184 valence electrons. The minimum Gasteiger partial charge on any atom is -0.493 e. The van der Waals surface area contributed by atoms with E-state index in [4.69, 9.17) is 21.7 Å². The maximum atomic E-state index is 12.8. The molecule has 8 nitrogen and oxygen atoms in total. The van der Waals surface area contributed by atoms with E-state index in [1.54, 1.807) is 30.3 Å². The molecule has 0 bridgehead atoms. The molecule has 1 heterocycles. The summed E-state index contributed by atoms with van der Waals surface area (Å²) in [5, 5.41) is 5.61. The molecule has 0 radical (unpaired) electrons. The molecule has 0 aromatic heterocycles. The summed E-state index contributed by atoms with van der Waals surface area (Å²) in [6.45, 7) is 3.49. The monoisotopic (exact) mass is 569 g/mol. The molecule has 1 fully saturated rings. The zero-order valence-electron chi connectivity index (χ0n) is 18.8. The number of sulfonamides is 1. The minimum atomic E-state index is -3.65. The fourth-order valence-corrected chi connectivity index (χ4v) is 4.91. The number of hydrogen-bond donors (Lipinski definition) is 3. The Kier molecular flexibility index (Phi) is 9.84. The summed E-state index contributed by atoms with van der Waals surface area (Å²) in [6, 6.07) is 11.3. The minimum absolute atomic E-state index is 0.0802. The van der Waals surface area contributed by atoms with Crippen LogP contribution in [0.25, 0.3) is 0 Å². The third kappa shape index (κ3) is 7.74. The first-order chi connectivity index (χ1) is 16.3. The number of anilines is 1. The second kappa shape index (κ2) is 12.6. The predicted octanol–water partition coefficient (Wildman–Crippen LogP) is 4.21. The number of nitrogens with one attached hydrogen (secondary N) is 3. The fourth-order valence-electron chi connectivity index (χ4n) is 3.27. The van der Waals surface area contributed by atoms with Crippen molar-refractivity contribution in [3.05, 3.63) is 52.5 Å². The van der Waals surface area contributed by atoms with Gasteiger partial charge in [-0.15, -0.1) is 0 Å². The molecule has 11 heteroatoms. The first kappa shape index (κ1) is 26.6. The zero-order valence-corrected chi connectivity index (χ0v) is 22.0. The lowest BCUT2D eigenvalue weighted by molar-refractivity contribution is 0.0973. The molecular weight excluding hydrogens is 542 g/mol. The van der Waals surface area contributed by atoms with Crippen LogP contribution in [-0.2, 0) is 14.8 Å². The number of thiocarbonyl (C=S) groups is 1. The molecule has 1 aliphatic rings. The summed E-state index contributed by atoms with van der Waals surface area (Å²) in [5.74, 6) is 0.0600. The molecule has 34 heavy (non-hydrogen) atoms. The van der Waals surface area contributed by atoms with Crippen LogP contribution < -0.4 is 20.1 Å². The molecular formula is C23H28BrN3O5S2. The quantitative estimate of drug-likeness (QED) is 0.290. The van der Waals surface area contributed by atoms with Crippen LogP contribution in [0.2, 0.25) is 0 Å². The van der Waals surface area contributed by atoms with E-state index in [1.165, 1.54) is 12.1 Å². The zero-order chi connectivity index (χ0) is 24.6. The highest BCUT2D eigenvalue weighted by atomic mass is 79.9. The van der Waals surface area contributed by atoms with Gasteiger partial charge in [-0.25, -0.2) is 13.1 Å².